The topological polar surface area (TPSA) is 101 Å². The molecule has 0 unspecified atom stereocenters. The third kappa shape index (κ3) is 3.67. The van der Waals surface area contributed by atoms with E-state index in [9.17, 15) is 13.2 Å². The first-order chi connectivity index (χ1) is 7.86. The quantitative estimate of drug-likeness (QED) is 0.409. The number of hydrogen-bond acceptors (Lipinski definition) is 4. The van der Waals surface area contributed by atoms with Crippen LogP contribution in [0.3, 0.4) is 0 Å². The lowest BCUT2D eigenvalue weighted by molar-refractivity contribution is -0.122. The average molecular weight is 278 g/mol. The Morgan fingerprint density at radius 3 is 2.35 bits per heavy atom. The van der Waals surface area contributed by atoms with Gasteiger partial charge in [-0.15, -0.1) is 0 Å². The summed E-state index contributed by atoms with van der Waals surface area (Å²) in [5.74, 6) is 4.28. The van der Waals surface area contributed by atoms with Crippen LogP contribution >= 0.6 is 11.6 Å². The first-order valence-corrected chi connectivity index (χ1v) is 6.51. The second-order valence-electron chi connectivity index (χ2n) is 3.31. The molecule has 0 aliphatic rings. The standard InChI is InChI=1S/C9H12ClN3O3S/c1-6(9(14)12-11)13-17(15,16)8-4-2-7(10)3-5-8/h2-6,13H,11H2,1H3,(H,12,14)/t6-/m1/s1. The molecule has 0 bridgehead atoms. The van der Waals surface area contributed by atoms with Gasteiger partial charge in [-0.1, -0.05) is 11.6 Å². The van der Waals surface area contributed by atoms with Gasteiger partial charge in [-0.3, -0.25) is 10.2 Å². The Morgan fingerprint density at radius 2 is 1.88 bits per heavy atom. The summed E-state index contributed by atoms with van der Waals surface area (Å²) in [7, 11) is -3.76. The molecule has 0 aliphatic carbocycles. The van der Waals surface area contributed by atoms with E-state index in [1.807, 2.05) is 5.43 Å². The van der Waals surface area contributed by atoms with Crippen molar-refractivity contribution in [3.63, 3.8) is 0 Å². The molecule has 1 aromatic rings. The SMILES string of the molecule is C[C@@H](NS(=O)(=O)c1ccc(Cl)cc1)C(=O)NN. The Bertz CT molecular complexity index is 501. The molecule has 0 saturated heterocycles. The molecule has 0 spiro atoms. The molecule has 17 heavy (non-hydrogen) atoms. The van der Waals surface area contributed by atoms with Crippen molar-refractivity contribution < 1.29 is 13.2 Å². The lowest BCUT2D eigenvalue weighted by Gasteiger charge is -2.12. The van der Waals surface area contributed by atoms with Gasteiger partial charge in [0.25, 0.3) is 5.91 Å². The Kier molecular flexibility index (Phi) is 4.47. The number of halogens is 1. The molecule has 0 radical (unpaired) electrons. The number of rotatable bonds is 4. The number of sulfonamides is 1. The van der Waals surface area contributed by atoms with E-state index in [4.69, 9.17) is 17.4 Å². The molecule has 0 fully saturated rings. The van der Waals surface area contributed by atoms with E-state index in [-0.39, 0.29) is 4.90 Å². The van der Waals surface area contributed by atoms with Gasteiger partial charge in [0.2, 0.25) is 10.0 Å². The van der Waals surface area contributed by atoms with Crippen molar-refractivity contribution in [1.82, 2.24) is 10.1 Å². The Morgan fingerprint density at radius 1 is 1.35 bits per heavy atom. The van der Waals surface area contributed by atoms with E-state index in [1.165, 1.54) is 31.2 Å². The highest BCUT2D eigenvalue weighted by Crippen LogP contribution is 2.14. The molecule has 0 heterocycles. The van der Waals surface area contributed by atoms with E-state index >= 15 is 0 Å². The minimum Gasteiger partial charge on any atom is -0.293 e. The third-order valence-electron chi connectivity index (χ3n) is 1.99. The van der Waals surface area contributed by atoms with Gasteiger partial charge in [0.15, 0.2) is 0 Å². The highest BCUT2D eigenvalue weighted by molar-refractivity contribution is 7.89. The van der Waals surface area contributed by atoms with Crippen LogP contribution < -0.4 is 16.0 Å². The summed E-state index contributed by atoms with van der Waals surface area (Å²) in [6.07, 6.45) is 0. The first kappa shape index (κ1) is 13.9. The first-order valence-electron chi connectivity index (χ1n) is 4.65. The van der Waals surface area contributed by atoms with Crippen LogP contribution in [-0.2, 0) is 14.8 Å². The van der Waals surface area contributed by atoms with Gasteiger partial charge < -0.3 is 0 Å². The summed E-state index contributed by atoms with van der Waals surface area (Å²) in [6, 6.07) is 4.63. The predicted octanol–water partition coefficient (Wildman–Crippen LogP) is -0.00330. The molecule has 0 aliphatic heterocycles. The van der Waals surface area contributed by atoms with Crippen molar-refractivity contribution in [2.45, 2.75) is 17.9 Å². The van der Waals surface area contributed by atoms with Crippen molar-refractivity contribution >= 4 is 27.5 Å². The molecule has 4 N–H and O–H groups in total. The summed E-state index contributed by atoms with van der Waals surface area (Å²) in [6.45, 7) is 1.38. The van der Waals surface area contributed by atoms with Crippen molar-refractivity contribution in [3.8, 4) is 0 Å². The number of amides is 1. The van der Waals surface area contributed by atoms with Gasteiger partial charge in [-0.25, -0.2) is 14.3 Å². The average Bonchev–Trinajstić information content (AvgIpc) is 2.27. The molecule has 0 aromatic heterocycles. The molecule has 1 aromatic carbocycles. The Labute approximate surface area is 104 Å². The van der Waals surface area contributed by atoms with Crippen molar-refractivity contribution in [2.75, 3.05) is 0 Å². The second-order valence-corrected chi connectivity index (χ2v) is 5.46. The zero-order valence-electron chi connectivity index (χ0n) is 8.98. The van der Waals surface area contributed by atoms with Crippen molar-refractivity contribution in [2.24, 2.45) is 5.84 Å². The largest absolute Gasteiger partial charge is 0.293 e. The minimum atomic E-state index is -3.76. The number of benzene rings is 1. The monoisotopic (exact) mass is 277 g/mol. The molecule has 1 amide bonds. The minimum absolute atomic E-state index is 0.0265. The molecule has 1 atom stereocenters. The van der Waals surface area contributed by atoms with Gasteiger partial charge >= 0.3 is 0 Å². The lowest BCUT2D eigenvalue weighted by atomic mass is 10.3. The normalized spacial score (nSPS) is 13.1. The molecular formula is C9H12ClN3O3S. The fraction of sp³-hybridized carbons (Fsp3) is 0.222. The number of hydrogen-bond donors (Lipinski definition) is 3. The summed E-state index contributed by atoms with van der Waals surface area (Å²) >= 11 is 5.64. The van der Waals surface area contributed by atoms with E-state index in [2.05, 4.69) is 4.72 Å². The van der Waals surface area contributed by atoms with Crippen LogP contribution in [0.5, 0.6) is 0 Å². The van der Waals surface area contributed by atoms with Gasteiger partial charge in [0.1, 0.15) is 0 Å². The molecular weight excluding hydrogens is 266 g/mol. The Hall–Kier alpha value is -1.15. The van der Waals surface area contributed by atoms with E-state index < -0.39 is 22.0 Å². The third-order valence-corrected chi connectivity index (χ3v) is 3.80. The molecule has 0 saturated carbocycles. The fourth-order valence-electron chi connectivity index (χ4n) is 1.09. The van der Waals surface area contributed by atoms with Crippen molar-refractivity contribution in [3.05, 3.63) is 29.3 Å². The number of nitrogens with one attached hydrogen (secondary N) is 2. The predicted molar refractivity (Wildman–Crippen MR) is 63.6 cm³/mol. The maximum absolute atomic E-state index is 11.8. The van der Waals surface area contributed by atoms with Crippen LogP contribution in [0.25, 0.3) is 0 Å². The van der Waals surface area contributed by atoms with E-state index in [0.717, 1.165) is 0 Å². The lowest BCUT2D eigenvalue weighted by Crippen LogP contribution is -2.47. The maximum Gasteiger partial charge on any atom is 0.251 e. The van der Waals surface area contributed by atoms with Crippen LogP contribution in [-0.4, -0.2) is 20.4 Å². The van der Waals surface area contributed by atoms with Gasteiger partial charge in [-0.05, 0) is 31.2 Å². The van der Waals surface area contributed by atoms with Crippen LogP contribution in [0.2, 0.25) is 5.02 Å². The van der Waals surface area contributed by atoms with Crippen LogP contribution in [0.15, 0.2) is 29.2 Å². The summed E-state index contributed by atoms with van der Waals surface area (Å²) in [5.41, 5.74) is 1.86. The smallest absolute Gasteiger partial charge is 0.251 e. The zero-order valence-corrected chi connectivity index (χ0v) is 10.5. The fourth-order valence-corrected chi connectivity index (χ4v) is 2.42. The number of hydrazine groups is 1. The van der Waals surface area contributed by atoms with Crippen LogP contribution in [0.4, 0.5) is 0 Å². The van der Waals surface area contributed by atoms with Crippen molar-refractivity contribution in [1.29, 1.82) is 0 Å². The summed E-state index contributed by atoms with van der Waals surface area (Å²) < 4.78 is 25.8. The summed E-state index contributed by atoms with van der Waals surface area (Å²) in [5, 5.41) is 0.427. The van der Waals surface area contributed by atoms with Crippen LogP contribution in [0, 0.1) is 0 Å². The molecule has 94 valence electrons. The van der Waals surface area contributed by atoms with Gasteiger partial charge in [0.05, 0.1) is 10.9 Å². The molecule has 6 nitrogen and oxygen atoms in total. The van der Waals surface area contributed by atoms with Gasteiger partial charge in [-0.2, -0.15) is 4.72 Å². The second kappa shape index (κ2) is 5.46. The van der Waals surface area contributed by atoms with E-state index in [1.54, 1.807) is 0 Å². The molecule has 8 heteroatoms. The summed E-state index contributed by atoms with van der Waals surface area (Å²) in [4.78, 5) is 11.1. The zero-order chi connectivity index (χ0) is 13.1. The Balaban J connectivity index is 2.89. The van der Waals surface area contributed by atoms with E-state index in [0.29, 0.717) is 5.02 Å². The highest BCUT2D eigenvalue weighted by atomic mass is 35.5. The molecule has 1 rings (SSSR count). The highest BCUT2D eigenvalue weighted by Gasteiger charge is 2.21. The maximum atomic E-state index is 11.8. The number of nitrogens with two attached hydrogens (primary N) is 1. The number of carbonyl (C=O) groups excluding carboxylic acids is 1. The number of carbonyl (C=O) groups is 1. The van der Waals surface area contributed by atoms with Crippen LogP contribution in [0.1, 0.15) is 6.92 Å². The van der Waals surface area contributed by atoms with Gasteiger partial charge in [0, 0.05) is 5.02 Å².